The fourth-order valence-corrected chi connectivity index (χ4v) is 2.60. The molecule has 3 nitrogen and oxygen atoms in total. The summed E-state index contributed by atoms with van der Waals surface area (Å²) in [6.45, 7) is 3.52. The number of amides is 1. The smallest absolute Gasteiger partial charge is 0.217 e. The standard InChI is InChI=1S/C16H23NO2/c1-12(17-13(2)18)14-8-10-16(11-9-14)19-15-6-4-3-5-7-15/h8-12,15H,3-7H2,1-2H3,(H,17,18). The second kappa shape index (κ2) is 6.60. The van der Waals surface area contributed by atoms with Crippen LogP contribution in [-0.4, -0.2) is 12.0 Å². The fourth-order valence-electron chi connectivity index (χ4n) is 2.60. The number of nitrogens with one attached hydrogen (secondary N) is 1. The van der Waals surface area contributed by atoms with Crippen LogP contribution in [0.25, 0.3) is 0 Å². The van der Waals surface area contributed by atoms with Crippen LogP contribution in [-0.2, 0) is 4.79 Å². The second-order valence-electron chi connectivity index (χ2n) is 5.37. The van der Waals surface area contributed by atoms with E-state index >= 15 is 0 Å². The van der Waals surface area contributed by atoms with Gasteiger partial charge in [0, 0.05) is 6.92 Å². The minimum atomic E-state index is -0.00460. The molecule has 0 aromatic heterocycles. The Kier molecular flexibility index (Phi) is 4.83. The minimum absolute atomic E-state index is 0.00460. The summed E-state index contributed by atoms with van der Waals surface area (Å²) in [6.07, 6.45) is 6.62. The molecule has 1 aromatic rings. The molecule has 0 bridgehead atoms. The van der Waals surface area contributed by atoms with Gasteiger partial charge in [0.25, 0.3) is 0 Å². The second-order valence-corrected chi connectivity index (χ2v) is 5.37. The molecule has 1 aromatic carbocycles. The average molecular weight is 261 g/mol. The van der Waals surface area contributed by atoms with Crippen LogP contribution in [0.3, 0.4) is 0 Å². The molecule has 3 heteroatoms. The average Bonchev–Trinajstić information content (AvgIpc) is 2.40. The predicted molar refractivity (Wildman–Crippen MR) is 76.2 cm³/mol. The summed E-state index contributed by atoms with van der Waals surface area (Å²) in [5, 5.41) is 2.88. The van der Waals surface area contributed by atoms with Crippen LogP contribution >= 0.6 is 0 Å². The zero-order valence-electron chi connectivity index (χ0n) is 11.8. The van der Waals surface area contributed by atoms with Crippen molar-refractivity contribution < 1.29 is 9.53 Å². The highest BCUT2D eigenvalue weighted by Crippen LogP contribution is 2.24. The van der Waals surface area contributed by atoms with Gasteiger partial charge in [0.15, 0.2) is 0 Å². The monoisotopic (exact) mass is 261 g/mol. The van der Waals surface area contributed by atoms with Crippen molar-refractivity contribution in [2.45, 2.75) is 58.1 Å². The Labute approximate surface area is 115 Å². The zero-order chi connectivity index (χ0) is 13.7. The molecule has 0 radical (unpaired) electrons. The number of rotatable bonds is 4. The summed E-state index contributed by atoms with van der Waals surface area (Å²) in [6, 6.07) is 8.10. The molecular weight excluding hydrogens is 238 g/mol. The van der Waals surface area contributed by atoms with Gasteiger partial charge in [-0.3, -0.25) is 4.79 Å². The van der Waals surface area contributed by atoms with Crippen molar-refractivity contribution in [1.82, 2.24) is 5.32 Å². The van der Waals surface area contributed by atoms with E-state index in [2.05, 4.69) is 5.32 Å². The molecule has 1 fully saturated rings. The van der Waals surface area contributed by atoms with Crippen molar-refractivity contribution in [3.8, 4) is 5.75 Å². The number of hydrogen-bond acceptors (Lipinski definition) is 2. The first kappa shape index (κ1) is 13.9. The van der Waals surface area contributed by atoms with Gasteiger partial charge in [0.2, 0.25) is 5.91 Å². The fraction of sp³-hybridized carbons (Fsp3) is 0.562. The van der Waals surface area contributed by atoms with Gasteiger partial charge in [-0.25, -0.2) is 0 Å². The molecule has 19 heavy (non-hydrogen) atoms. The summed E-state index contributed by atoms with van der Waals surface area (Å²) in [4.78, 5) is 11.0. The Bertz CT molecular complexity index is 407. The molecule has 0 spiro atoms. The Balaban J connectivity index is 1.92. The topological polar surface area (TPSA) is 38.3 Å². The first-order chi connectivity index (χ1) is 9.15. The quantitative estimate of drug-likeness (QED) is 0.899. The Morgan fingerprint density at radius 1 is 1.21 bits per heavy atom. The van der Waals surface area contributed by atoms with E-state index in [1.165, 1.54) is 39.0 Å². The minimum Gasteiger partial charge on any atom is -0.490 e. The van der Waals surface area contributed by atoms with Gasteiger partial charge in [-0.1, -0.05) is 18.6 Å². The third kappa shape index (κ3) is 4.27. The lowest BCUT2D eigenvalue weighted by Gasteiger charge is -2.23. The third-order valence-corrected chi connectivity index (χ3v) is 3.65. The van der Waals surface area contributed by atoms with Crippen molar-refractivity contribution in [1.29, 1.82) is 0 Å². The van der Waals surface area contributed by atoms with E-state index in [-0.39, 0.29) is 11.9 Å². The molecule has 104 valence electrons. The lowest BCUT2D eigenvalue weighted by Crippen LogP contribution is -2.23. The maximum absolute atomic E-state index is 11.0. The molecule has 0 saturated heterocycles. The molecule has 0 heterocycles. The van der Waals surface area contributed by atoms with Gasteiger partial charge >= 0.3 is 0 Å². The number of hydrogen-bond donors (Lipinski definition) is 1. The van der Waals surface area contributed by atoms with E-state index in [0.717, 1.165) is 11.3 Å². The predicted octanol–water partition coefficient (Wildman–Crippen LogP) is 3.60. The third-order valence-electron chi connectivity index (χ3n) is 3.65. The molecule has 0 aliphatic heterocycles. The maximum atomic E-state index is 11.0. The van der Waals surface area contributed by atoms with E-state index in [0.29, 0.717) is 6.10 Å². The molecule has 1 saturated carbocycles. The summed E-state index contributed by atoms with van der Waals surface area (Å²) >= 11 is 0. The van der Waals surface area contributed by atoms with E-state index in [1.807, 2.05) is 31.2 Å². The van der Waals surface area contributed by atoms with Crippen molar-refractivity contribution in [2.75, 3.05) is 0 Å². The van der Waals surface area contributed by atoms with Crippen LogP contribution < -0.4 is 10.1 Å². The summed E-state index contributed by atoms with van der Waals surface area (Å²) < 4.78 is 5.98. The van der Waals surface area contributed by atoms with Crippen LogP contribution in [0.2, 0.25) is 0 Å². The normalized spacial score (nSPS) is 17.8. The van der Waals surface area contributed by atoms with Crippen LogP contribution in [0.15, 0.2) is 24.3 Å². The Morgan fingerprint density at radius 2 is 1.84 bits per heavy atom. The van der Waals surface area contributed by atoms with Crippen LogP contribution in [0.5, 0.6) is 5.75 Å². The molecule has 2 rings (SSSR count). The van der Waals surface area contributed by atoms with Gasteiger partial charge in [-0.05, 0) is 50.3 Å². The molecule has 1 N–H and O–H groups in total. The lowest BCUT2D eigenvalue weighted by atomic mass is 9.98. The Morgan fingerprint density at radius 3 is 2.42 bits per heavy atom. The van der Waals surface area contributed by atoms with Crippen molar-refractivity contribution in [3.63, 3.8) is 0 Å². The number of carbonyl (C=O) groups is 1. The van der Waals surface area contributed by atoms with Crippen LogP contribution in [0.1, 0.15) is 57.6 Å². The van der Waals surface area contributed by atoms with E-state index in [9.17, 15) is 4.79 Å². The van der Waals surface area contributed by atoms with Crippen LogP contribution in [0, 0.1) is 0 Å². The van der Waals surface area contributed by atoms with Gasteiger partial charge < -0.3 is 10.1 Å². The zero-order valence-corrected chi connectivity index (χ0v) is 11.8. The number of benzene rings is 1. The van der Waals surface area contributed by atoms with Gasteiger partial charge in [0.1, 0.15) is 5.75 Å². The SMILES string of the molecule is CC(=O)NC(C)c1ccc(OC2CCCCC2)cc1. The van der Waals surface area contributed by atoms with Crippen LogP contribution in [0.4, 0.5) is 0 Å². The summed E-state index contributed by atoms with van der Waals surface area (Å²) in [7, 11) is 0. The summed E-state index contributed by atoms with van der Waals surface area (Å²) in [5.41, 5.74) is 1.10. The van der Waals surface area contributed by atoms with Crippen molar-refractivity contribution >= 4 is 5.91 Å². The molecule has 1 unspecified atom stereocenters. The van der Waals surface area contributed by atoms with Gasteiger partial charge in [-0.2, -0.15) is 0 Å². The molecule has 1 atom stereocenters. The number of carbonyl (C=O) groups excluding carboxylic acids is 1. The van der Waals surface area contributed by atoms with Gasteiger partial charge in [-0.15, -0.1) is 0 Å². The first-order valence-corrected chi connectivity index (χ1v) is 7.19. The van der Waals surface area contributed by atoms with Gasteiger partial charge in [0.05, 0.1) is 12.1 Å². The van der Waals surface area contributed by atoms with Crippen molar-refractivity contribution in [3.05, 3.63) is 29.8 Å². The first-order valence-electron chi connectivity index (χ1n) is 7.19. The lowest BCUT2D eigenvalue weighted by molar-refractivity contribution is -0.119. The molecular formula is C16H23NO2. The van der Waals surface area contributed by atoms with E-state index < -0.39 is 0 Å². The molecule has 1 amide bonds. The highest BCUT2D eigenvalue weighted by Gasteiger charge is 2.15. The largest absolute Gasteiger partial charge is 0.490 e. The number of ether oxygens (including phenoxy) is 1. The van der Waals surface area contributed by atoms with Crippen molar-refractivity contribution in [2.24, 2.45) is 0 Å². The highest BCUT2D eigenvalue weighted by molar-refractivity contribution is 5.73. The summed E-state index contributed by atoms with van der Waals surface area (Å²) in [5.74, 6) is 0.931. The van der Waals surface area contributed by atoms with E-state index in [4.69, 9.17) is 4.74 Å². The highest BCUT2D eigenvalue weighted by atomic mass is 16.5. The Hall–Kier alpha value is -1.51. The van der Waals surface area contributed by atoms with E-state index in [1.54, 1.807) is 0 Å². The maximum Gasteiger partial charge on any atom is 0.217 e. The molecule has 1 aliphatic rings. The molecule has 1 aliphatic carbocycles.